The van der Waals surface area contributed by atoms with Gasteiger partial charge in [0.1, 0.15) is 0 Å². The molecule has 92 valence electrons. The summed E-state index contributed by atoms with van der Waals surface area (Å²) in [5.41, 5.74) is 1.10. The van der Waals surface area contributed by atoms with Crippen molar-refractivity contribution in [2.75, 3.05) is 38.7 Å². The van der Waals surface area contributed by atoms with Gasteiger partial charge < -0.3 is 10.0 Å². The molecule has 0 unspecified atom stereocenters. The lowest BCUT2D eigenvalue weighted by atomic mass is 10.3. The molecule has 0 aromatic carbocycles. The lowest BCUT2D eigenvalue weighted by Gasteiger charge is -2.18. The van der Waals surface area contributed by atoms with Gasteiger partial charge in [0.25, 0.3) is 0 Å². The Morgan fingerprint density at radius 2 is 2.06 bits per heavy atom. The number of aromatic nitrogens is 1. The highest BCUT2D eigenvalue weighted by Crippen LogP contribution is 2.25. The molecule has 0 aliphatic carbocycles. The Morgan fingerprint density at radius 1 is 1.38 bits per heavy atom. The topological polar surface area (TPSA) is 39.6 Å². The quantitative estimate of drug-likeness (QED) is 0.818. The van der Waals surface area contributed by atoms with Crippen molar-refractivity contribution in [3.05, 3.63) is 10.6 Å². The first-order valence-corrected chi connectivity index (χ1v) is 6.37. The third kappa shape index (κ3) is 3.43. The molecule has 1 aromatic heterocycles. The van der Waals surface area contributed by atoms with E-state index in [0.717, 1.165) is 30.5 Å². The fourth-order valence-electron chi connectivity index (χ4n) is 1.44. The van der Waals surface area contributed by atoms with E-state index in [1.165, 1.54) is 4.88 Å². The van der Waals surface area contributed by atoms with Crippen LogP contribution in [0.3, 0.4) is 0 Å². The Morgan fingerprint density at radius 3 is 2.50 bits per heavy atom. The van der Waals surface area contributed by atoms with Gasteiger partial charge in [0.2, 0.25) is 0 Å². The summed E-state index contributed by atoms with van der Waals surface area (Å²) in [7, 11) is 4.01. The van der Waals surface area contributed by atoms with Crippen molar-refractivity contribution < 1.29 is 5.11 Å². The standard InChI is InChI=1S/C11H21N3OS/c1-5-14(6-7-15)8-10-9(2)12-11(16-10)13(3)4/h15H,5-8H2,1-4H3. The number of hydrogen-bond acceptors (Lipinski definition) is 5. The summed E-state index contributed by atoms with van der Waals surface area (Å²) in [5, 5.41) is 10.00. The number of aliphatic hydroxyl groups excluding tert-OH is 1. The molecule has 1 heterocycles. The van der Waals surface area contributed by atoms with Crippen LogP contribution in [0.1, 0.15) is 17.5 Å². The minimum atomic E-state index is 0.215. The third-order valence-electron chi connectivity index (χ3n) is 2.49. The van der Waals surface area contributed by atoms with Gasteiger partial charge >= 0.3 is 0 Å². The number of thiazole rings is 1. The number of rotatable bonds is 6. The molecule has 0 aliphatic heterocycles. The van der Waals surface area contributed by atoms with E-state index in [1.807, 2.05) is 25.9 Å². The summed E-state index contributed by atoms with van der Waals surface area (Å²) in [6.07, 6.45) is 0. The third-order valence-corrected chi connectivity index (χ3v) is 3.80. The molecular weight excluding hydrogens is 222 g/mol. The lowest BCUT2D eigenvalue weighted by Crippen LogP contribution is -2.25. The lowest BCUT2D eigenvalue weighted by molar-refractivity contribution is 0.197. The van der Waals surface area contributed by atoms with Gasteiger partial charge in [0.15, 0.2) is 5.13 Å². The maximum Gasteiger partial charge on any atom is 0.185 e. The van der Waals surface area contributed by atoms with Gasteiger partial charge in [-0.1, -0.05) is 6.92 Å². The number of nitrogens with zero attached hydrogens (tertiary/aromatic N) is 3. The fourth-order valence-corrected chi connectivity index (χ4v) is 2.47. The van der Waals surface area contributed by atoms with E-state index in [-0.39, 0.29) is 6.61 Å². The van der Waals surface area contributed by atoms with E-state index in [1.54, 1.807) is 11.3 Å². The zero-order valence-electron chi connectivity index (χ0n) is 10.5. The minimum absolute atomic E-state index is 0.215. The smallest absolute Gasteiger partial charge is 0.185 e. The van der Waals surface area contributed by atoms with Gasteiger partial charge in [-0.15, -0.1) is 11.3 Å². The predicted octanol–water partition coefficient (Wildman–Crippen LogP) is 1.33. The van der Waals surface area contributed by atoms with E-state index < -0.39 is 0 Å². The molecule has 0 atom stereocenters. The highest BCUT2D eigenvalue weighted by molar-refractivity contribution is 7.15. The highest BCUT2D eigenvalue weighted by Gasteiger charge is 2.11. The second-order valence-corrected chi connectivity index (χ2v) is 5.05. The van der Waals surface area contributed by atoms with E-state index >= 15 is 0 Å². The van der Waals surface area contributed by atoms with Crippen LogP contribution in [-0.2, 0) is 6.54 Å². The number of anilines is 1. The van der Waals surface area contributed by atoms with Gasteiger partial charge in [-0.05, 0) is 13.5 Å². The molecule has 0 saturated carbocycles. The summed E-state index contributed by atoms with van der Waals surface area (Å²) in [4.78, 5) is 10.1. The second-order valence-electron chi connectivity index (χ2n) is 3.99. The van der Waals surface area contributed by atoms with Crippen LogP contribution in [0.25, 0.3) is 0 Å². The van der Waals surface area contributed by atoms with Crippen molar-refractivity contribution >= 4 is 16.5 Å². The molecule has 0 amide bonds. The molecule has 0 aliphatic rings. The SMILES string of the molecule is CCN(CCO)Cc1sc(N(C)C)nc1C. The predicted molar refractivity (Wildman–Crippen MR) is 69.2 cm³/mol. The van der Waals surface area contributed by atoms with Gasteiger partial charge in [-0.2, -0.15) is 0 Å². The fraction of sp³-hybridized carbons (Fsp3) is 0.727. The highest BCUT2D eigenvalue weighted by atomic mass is 32.1. The average Bonchev–Trinajstić information content (AvgIpc) is 2.60. The maximum absolute atomic E-state index is 8.95. The van der Waals surface area contributed by atoms with Crippen molar-refractivity contribution in [1.29, 1.82) is 0 Å². The van der Waals surface area contributed by atoms with Crippen molar-refractivity contribution in [3.63, 3.8) is 0 Å². The largest absolute Gasteiger partial charge is 0.395 e. The Labute approximate surface area is 102 Å². The number of aliphatic hydroxyl groups is 1. The molecule has 0 saturated heterocycles. The molecule has 5 heteroatoms. The molecular formula is C11H21N3OS. The van der Waals surface area contributed by atoms with Gasteiger partial charge in [0.05, 0.1) is 12.3 Å². The van der Waals surface area contributed by atoms with Gasteiger partial charge in [-0.3, -0.25) is 4.90 Å². The van der Waals surface area contributed by atoms with Crippen LogP contribution in [0.2, 0.25) is 0 Å². The maximum atomic E-state index is 8.95. The van der Waals surface area contributed by atoms with Crippen molar-refractivity contribution in [1.82, 2.24) is 9.88 Å². The van der Waals surface area contributed by atoms with Crippen molar-refractivity contribution in [2.24, 2.45) is 0 Å². The van der Waals surface area contributed by atoms with E-state index in [2.05, 4.69) is 16.8 Å². The zero-order chi connectivity index (χ0) is 12.1. The molecule has 1 N–H and O–H groups in total. The van der Waals surface area contributed by atoms with Crippen LogP contribution < -0.4 is 4.90 Å². The molecule has 16 heavy (non-hydrogen) atoms. The van der Waals surface area contributed by atoms with Gasteiger partial charge in [0, 0.05) is 32.1 Å². The first-order chi connectivity index (χ1) is 7.58. The molecule has 0 fully saturated rings. The van der Waals surface area contributed by atoms with E-state index in [4.69, 9.17) is 5.11 Å². The monoisotopic (exact) mass is 243 g/mol. The van der Waals surface area contributed by atoms with Crippen LogP contribution in [0.15, 0.2) is 0 Å². The van der Waals surface area contributed by atoms with E-state index in [0.29, 0.717) is 0 Å². The van der Waals surface area contributed by atoms with Crippen LogP contribution in [0.4, 0.5) is 5.13 Å². The van der Waals surface area contributed by atoms with Crippen molar-refractivity contribution in [3.8, 4) is 0 Å². The van der Waals surface area contributed by atoms with Crippen LogP contribution in [0, 0.1) is 6.92 Å². The first kappa shape index (κ1) is 13.4. The summed E-state index contributed by atoms with van der Waals surface area (Å²) in [6.45, 7) is 6.94. The molecule has 0 radical (unpaired) electrons. The summed E-state index contributed by atoms with van der Waals surface area (Å²) in [6, 6.07) is 0. The number of likely N-dealkylation sites (N-methyl/N-ethyl adjacent to an activating group) is 1. The molecule has 4 nitrogen and oxygen atoms in total. The second kappa shape index (κ2) is 6.18. The van der Waals surface area contributed by atoms with Crippen LogP contribution >= 0.6 is 11.3 Å². The summed E-state index contributed by atoms with van der Waals surface area (Å²) >= 11 is 1.73. The Kier molecular flexibility index (Phi) is 5.18. The normalized spacial score (nSPS) is 11.1. The Balaban J connectivity index is 2.72. The molecule has 1 aromatic rings. The number of hydrogen-bond donors (Lipinski definition) is 1. The minimum Gasteiger partial charge on any atom is -0.395 e. The number of aryl methyl sites for hydroxylation is 1. The van der Waals surface area contributed by atoms with E-state index in [9.17, 15) is 0 Å². The average molecular weight is 243 g/mol. The van der Waals surface area contributed by atoms with Crippen molar-refractivity contribution in [2.45, 2.75) is 20.4 Å². The molecule has 1 rings (SSSR count). The Bertz CT molecular complexity index is 325. The van der Waals surface area contributed by atoms with Crippen LogP contribution in [-0.4, -0.2) is 48.8 Å². The summed E-state index contributed by atoms with van der Waals surface area (Å²) < 4.78 is 0. The first-order valence-electron chi connectivity index (χ1n) is 5.55. The zero-order valence-corrected chi connectivity index (χ0v) is 11.3. The summed E-state index contributed by atoms with van der Waals surface area (Å²) in [5.74, 6) is 0. The molecule has 0 spiro atoms. The Hall–Kier alpha value is -0.650. The van der Waals surface area contributed by atoms with Gasteiger partial charge in [-0.25, -0.2) is 4.98 Å². The van der Waals surface area contributed by atoms with Crippen LogP contribution in [0.5, 0.6) is 0 Å². The molecule has 0 bridgehead atoms.